The summed E-state index contributed by atoms with van der Waals surface area (Å²) in [5, 5.41) is 15.6. The molecule has 0 radical (unpaired) electrons. The average Bonchev–Trinajstić information content (AvgIpc) is 3.29. The molecule has 0 spiro atoms. The maximum Gasteiger partial charge on any atom is 0.258 e. The van der Waals surface area contributed by atoms with Crippen LogP contribution in [0.15, 0.2) is 60.7 Å². The molecular formula is C24H25N5O5. The van der Waals surface area contributed by atoms with Gasteiger partial charge in [0.15, 0.2) is 18.1 Å². The van der Waals surface area contributed by atoms with E-state index in [4.69, 9.17) is 18.9 Å². The van der Waals surface area contributed by atoms with Gasteiger partial charge < -0.3 is 24.3 Å². The summed E-state index contributed by atoms with van der Waals surface area (Å²) in [5.41, 5.74) is 1.40. The largest absolute Gasteiger partial charge is 0.497 e. The second-order valence-electron chi connectivity index (χ2n) is 7.09. The van der Waals surface area contributed by atoms with Crippen LogP contribution in [0.25, 0.3) is 17.0 Å². The molecule has 0 bridgehead atoms. The van der Waals surface area contributed by atoms with Gasteiger partial charge in [-0.2, -0.15) is 4.52 Å². The van der Waals surface area contributed by atoms with Gasteiger partial charge in [0.1, 0.15) is 23.9 Å². The minimum Gasteiger partial charge on any atom is -0.497 e. The lowest BCUT2D eigenvalue weighted by Crippen LogP contribution is -2.32. The van der Waals surface area contributed by atoms with Gasteiger partial charge in [0.05, 0.1) is 20.3 Å². The highest BCUT2D eigenvalue weighted by Gasteiger charge is 2.11. The van der Waals surface area contributed by atoms with Crippen molar-refractivity contribution in [2.45, 2.75) is 6.92 Å². The van der Waals surface area contributed by atoms with Crippen molar-refractivity contribution in [2.75, 3.05) is 33.5 Å². The van der Waals surface area contributed by atoms with E-state index in [0.717, 1.165) is 5.56 Å². The normalized spacial score (nSPS) is 10.6. The van der Waals surface area contributed by atoms with Crippen LogP contribution in [0.1, 0.15) is 6.92 Å². The Kier molecular flexibility index (Phi) is 7.39. The Morgan fingerprint density at radius 1 is 0.941 bits per heavy atom. The monoisotopic (exact) mass is 463 g/mol. The summed E-state index contributed by atoms with van der Waals surface area (Å²) in [6, 6.07) is 18.1. The summed E-state index contributed by atoms with van der Waals surface area (Å²) in [6.07, 6.45) is 0. The molecule has 0 saturated carbocycles. The minimum atomic E-state index is -0.257. The third-order valence-corrected chi connectivity index (χ3v) is 4.73. The molecule has 10 nitrogen and oxygen atoms in total. The number of benzene rings is 2. The lowest BCUT2D eigenvalue weighted by molar-refractivity contribution is -0.123. The number of carbonyl (C=O) groups is 1. The summed E-state index contributed by atoms with van der Waals surface area (Å²) < 4.78 is 23.5. The van der Waals surface area contributed by atoms with E-state index in [1.54, 1.807) is 35.9 Å². The van der Waals surface area contributed by atoms with Gasteiger partial charge in [0.2, 0.25) is 5.88 Å². The van der Waals surface area contributed by atoms with Gasteiger partial charge in [-0.3, -0.25) is 4.79 Å². The van der Waals surface area contributed by atoms with Crippen molar-refractivity contribution in [1.29, 1.82) is 0 Å². The van der Waals surface area contributed by atoms with E-state index >= 15 is 0 Å². The third-order valence-electron chi connectivity index (χ3n) is 4.73. The predicted octanol–water partition coefficient (Wildman–Crippen LogP) is 2.77. The zero-order valence-electron chi connectivity index (χ0n) is 18.9. The van der Waals surface area contributed by atoms with Gasteiger partial charge in [-0.15, -0.1) is 15.3 Å². The first kappa shape index (κ1) is 22.8. The highest BCUT2D eigenvalue weighted by Crippen LogP contribution is 2.23. The Hall–Kier alpha value is -4.34. The average molecular weight is 463 g/mol. The van der Waals surface area contributed by atoms with Crippen LogP contribution in [0, 0.1) is 0 Å². The zero-order valence-corrected chi connectivity index (χ0v) is 18.9. The molecule has 10 heteroatoms. The third kappa shape index (κ3) is 5.71. The predicted molar refractivity (Wildman–Crippen MR) is 124 cm³/mol. The summed E-state index contributed by atoms with van der Waals surface area (Å²) in [6.45, 7) is 2.89. The molecule has 176 valence electrons. The standard InChI is InChI=1S/C24H25N5O5/c1-3-32-19-8-5-9-20(15-19)34-16-22(30)25-12-13-33-23-11-10-21-26-27-24(29(21)28-23)17-6-4-7-18(14-17)31-2/h4-11,14-15H,3,12-13,16H2,1-2H3,(H,25,30). The molecule has 0 aliphatic heterocycles. The molecule has 0 unspecified atom stereocenters. The van der Waals surface area contributed by atoms with Crippen molar-refractivity contribution < 1.29 is 23.7 Å². The van der Waals surface area contributed by atoms with Gasteiger partial charge in [-0.25, -0.2) is 0 Å². The maximum atomic E-state index is 12.1. The Balaban J connectivity index is 1.28. The lowest BCUT2D eigenvalue weighted by atomic mass is 10.2. The van der Waals surface area contributed by atoms with Gasteiger partial charge in [0, 0.05) is 17.7 Å². The highest BCUT2D eigenvalue weighted by atomic mass is 16.5. The number of ether oxygens (including phenoxy) is 4. The van der Waals surface area contributed by atoms with Crippen molar-refractivity contribution in [3.63, 3.8) is 0 Å². The topological polar surface area (TPSA) is 109 Å². The van der Waals surface area contributed by atoms with Crippen LogP contribution < -0.4 is 24.3 Å². The van der Waals surface area contributed by atoms with Crippen LogP contribution in [0.2, 0.25) is 0 Å². The number of hydrogen-bond acceptors (Lipinski definition) is 8. The van der Waals surface area contributed by atoms with E-state index in [9.17, 15) is 4.79 Å². The molecule has 4 rings (SSSR count). The number of methoxy groups -OCH3 is 1. The number of nitrogens with zero attached hydrogens (tertiary/aromatic N) is 4. The lowest BCUT2D eigenvalue weighted by Gasteiger charge is -2.10. The fraction of sp³-hybridized carbons (Fsp3) is 0.250. The zero-order chi connectivity index (χ0) is 23.8. The Labute approximate surface area is 196 Å². The molecule has 1 N–H and O–H groups in total. The number of fused-ring (bicyclic) bond motifs is 1. The molecule has 34 heavy (non-hydrogen) atoms. The molecule has 1 amide bonds. The van der Waals surface area contributed by atoms with Gasteiger partial charge in [0.25, 0.3) is 5.91 Å². The molecule has 0 saturated heterocycles. The SMILES string of the molecule is CCOc1cccc(OCC(=O)NCCOc2ccc3nnc(-c4cccc(OC)c4)n3n2)c1. The molecule has 0 atom stereocenters. The van der Waals surface area contributed by atoms with E-state index in [1.165, 1.54) is 0 Å². The van der Waals surface area contributed by atoms with Crippen LogP contribution in [0.3, 0.4) is 0 Å². The van der Waals surface area contributed by atoms with Crippen LogP contribution in [-0.2, 0) is 4.79 Å². The fourth-order valence-corrected chi connectivity index (χ4v) is 3.16. The van der Waals surface area contributed by atoms with Crippen LogP contribution in [-0.4, -0.2) is 59.2 Å². The number of rotatable bonds is 11. The van der Waals surface area contributed by atoms with E-state index in [-0.39, 0.29) is 19.1 Å². The second kappa shape index (κ2) is 11.0. The summed E-state index contributed by atoms with van der Waals surface area (Å²) in [4.78, 5) is 12.1. The van der Waals surface area contributed by atoms with Crippen molar-refractivity contribution in [3.8, 4) is 34.5 Å². The van der Waals surface area contributed by atoms with Crippen molar-refractivity contribution in [3.05, 3.63) is 60.7 Å². The van der Waals surface area contributed by atoms with Gasteiger partial charge >= 0.3 is 0 Å². The van der Waals surface area contributed by atoms with E-state index in [0.29, 0.717) is 47.8 Å². The number of nitrogens with one attached hydrogen (secondary N) is 1. The first-order chi connectivity index (χ1) is 16.7. The molecule has 2 heterocycles. The van der Waals surface area contributed by atoms with Crippen molar-refractivity contribution >= 4 is 11.6 Å². The Bertz CT molecular complexity index is 1260. The summed E-state index contributed by atoms with van der Waals surface area (Å²) in [5.74, 6) is 2.67. The molecule has 0 aliphatic carbocycles. The van der Waals surface area contributed by atoms with E-state index in [2.05, 4.69) is 20.6 Å². The van der Waals surface area contributed by atoms with E-state index in [1.807, 2.05) is 43.3 Å². The molecule has 0 aliphatic rings. The van der Waals surface area contributed by atoms with Crippen LogP contribution in [0.4, 0.5) is 0 Å². The van der Waals surface area contributed by atoms with Gasteiger partial charge in [-0.05, 0) is 37.3 Å². The quantitative estimate of drug-likeness (QED) is 0.338. The van der Waals surface area contributed by atoms with Crippen molar-refractivity contribution in [2.24, 2.45) is 0 Å². The highest BCUT2D eigenvalue weighted by molar-refractivity contribution is 5.77. The first-order valence-electron chi connectivity index (χ1n) is 10.8. The summed E-state index contributed by atoms with van der Waals surface area (Å²) in [7, 11) is 1.61. The first-order valence-corrected chi connectivity index (χ1v) is 10.8. The molecule has 0 fully saturated rings. The second-order valence-corrected chi connectivity index (χ2v) is 7.09. The number of hydrogen-bond donors (Lipinski definition) is 1. The molecule has 2 aromatic heterocycles. The summed E-state index contributed by atoms with van der Waals surface area (Å²) >= 11 is 0. The smallest absolute Gasteiger partial charge is 0.258 e. The Morgan fingerprint density at radius 2 is 1.74 bits per heavy atom. The van der Waals surface area contributed by atoms with Crippen LogP contribution >= 0.6 is 0 Å². The Morgan fingerprint density at radius 3 is 2.56 bits per heavy atom. The van der Waals surface area contributed by atoms with Gasteiger partial charge in [-0.1, -0.05) is 18.2 Å². The molecule has 4 aromatic rings. The molecular weight excluding hydrogens is 438 g/mol. The molecule has 2 aromatic carbocycles. The number of carbonyl (C=O) groups excluding carboxylic acids is 1. The fourth-order valence-electron chi connectivity index (χ4n) is 3.16. The number of aromatic nitrogens is 4. The minimum absolute atomic E-state index is 0.107. The maximum absolute atomic E-state index is 12.1. The van der Waals surface area contributed by atoms with E-state index < -0.39 is 0 Å². The van der Waals surface area contributed by atoms with Crippen molar-refractivity contribution in [1.82, 2.24) is 25.1 Å². The van der Waals surface area contributed by atoms with Crippen LogP contribution in [0.5, 0.6) is 23.1 Å². The number of amides is 1.